The number of methoxy groups -OCH3 is 1. The maximum absolute atomic E-state index is 6.22. The first kappa shape index (κ1) is 13.9. The number of hydrogen-bond acceptors (Lipinski definition) is 6. The van der Waals surface area contributed by atoms with Gasteiger partial charge in [0, 0.05) is 35.5 Å². The minimum absolute atomic E-state index is 0.126. The molecule has 0 aliphatic rings. The Balaban J connectivity index is 2.27. The third-order valence-electron chi connectivity index (χ3n) is 3.19. The molecule has 0 radical (unpaired) electrons. The van der Waals surface area contributed by atoms with Crippen LogP contribution in [0.5, 0.6) is 5.75 Å². The van der Waals surface area contributed by atoms with E-state index in [1.54, 1.807) is 7.11 Å². The molecule has 1 unspecified atom stereocenters. The van der Waals surface area contributed by atoms with E-state index in [1.165, 1.54) is 11.5 Å². The zero-order valence-corrected chi connectivity index (χ0v) is 12.4. The molecule has 102 valence electrons. The molecule has 2 rings (SSSR count). The van der Waals surface area contributed by atoms with Crippen molar-refractivity contribution < 1.29 is 4.74 Å². The number of hydrogen-bond donors (Lipinski definition) is 1. The molecule has 19 heavy (non-hydrogen) atoms. The van der Waals surface area contributed by atoms with E-state index in [0.717, 1.165) is 33.1 Å². The van der Waals surface area contributed by atoms with Gasteiger partial charge in [0.1, 0.15) is 5.75 Å². The van der Waals surface area contributed by atoms with Gasteiger partial charge in [-0.05, 0) is 32.3 Å². The highest BCUT2D eigenvalue weighted by Crippen LogP contribution is 2.27. The van der Waals surface area contributed by atoms with Crippen molar-refractivity contribution >= 4 is 11.5 Å². The molecule has 0 saturated heterocycles. The Bertz CT molecular complexity index is 582. The average Bonchev–Trinajstić information content (AvgIpc) is 2.80. The van der Waals surface area contributed by atoms with E-state index in [4.69, 9.17) is 10.5 Å². The topological polar surface area (TPSA) is 73.9 Å². The van der Waals surface area contributed by atoms with E-state index >= 15 is 0 Å². The SMILES string of the molecule is COc1c(C)cnc(CC(N)c2snnc2C)c1C. The van der Waals surface area contributed by atoms with Crippen molar-refractivity contribution in [3.63, 3.8) is 0 Å². The molecule has 0 fully saturated rings. The molecule has 0 amide bonds. The van der Waals surface area contributed by atoms with Crippen molar-refractivity contribution in [3.05, 3.63) is 33.6 Å². The zero-order valence-electron chi connectivity index (χ0n) is 11.6. The molecule has 0 aromatic carbocycles. The van der Waals surface area contributed by atoms with Crippen LogP contribution < -0.4 is 10.5 Å². The number of aromatic nitrogens is 3. The van der Waals surface area contributed by atoms with Gasteiger partial charge >= 0.3 is 0 Å². The second-order valence-corrected chi connectivity index (χ2v) is 5.37. The lowest BCUT2D eigenvalue weighted by atomic mass is 10.0. The molecule has 0 bridgehead atoms. The summed E-state index contributed by atoms with van der Waals surface area (Å²) in [5.74, 6) is 0.886. The van der Waals surface area contributed by atoms with Crippen LogP contribution in [0.25, 0.3) is 0 Å². The van der Waals surface area contributed by atoms with Crippen molar-refractivity contribution in [2.75, 3.05) is 7.11 Å². The van der Waals surface area contributed by atoms with Crippen LogP contribution >= 0.6 is 11.5 Å². The smallest absolute Gasteiger partial charge is 0.128 e. The van der Waals surface area contributed by atoms with Gasteiger partial charge in [0.25, 0.3) is 0 Å². The van der Waals surface area contributed by atoms with Crippen LogP contribution in [0.4, 0.5) is 0 Å². The van der Waals surface area contributed by atoms with Crippen LogP contribution in [0, 0.1) is 20.8 Å². The van der Waals surface area contributed by atoms with Crippen molar-refractivity contribution in [1.82, 2.24) is 14.6 Å². The van der Waals surface area contributed by atoms with Gasteiger partial charge < -0.3 is 10.5 Å². The molecule has 2 heterocycles. The second kappa shape index (κ2) is 5.63. The van der Waals surface area contributed by atoms with E-state index in [9.17, 15) is 0 Å². The highest BCUT2D eigenvalue weighted by atomic mass is 32.1. The third-order valence-corrected chi connectivity index (χ3v) is 4.14. The monoisotopic (exact) mass is 278 g/mol. The lowest BCUT2D eigenvalue weighted by Crippen LogP contribution is -2.15. The van der Waals surface area contributed by atoms with E-state index in [0.29, 0.717) is 6.42 Å². The van der Waals surface area contributed by atoms with Gasteiger partial charge in [0.15, 0.2) is 0 Å². The fraction of sp³-hybridized carbons (Fsp3) is 0.462. The van der Waals surface area contributed by atoms with E-state index in [2.05, 4.69) is 14.6 Å². The minimum Gasteiger partial charge on any atom is -0.496 e. The Morgan fingerprint density at radius 2 is 2.11 bits per heavy atom. The fourth-order valence-corrected chi connectivity index (χ4v) is 2.80. The summed E-state index contributed by atoms with van der Waals surface area (Å²) in [6, 6.07) is -0.126. The van der Waals surface area contributed by atoms with Crippen molar-refractivity contribution in [1.29, 1.82) is 0 Å². The van der Waals surface area contributed by atoms with Gasteiger partial charge in [-0.25, -0.2) is 0 Å². The molecule has 1 atom stereocenters. The number of nitrogens with two attached hydrogens (primary N) is 1. The lowest BCUT2D eigenvalue weighted by molar-refractivity contribution is 0.406. The molecule has 6 heteroatoms. The Labute approximate surface area is 117 Å². The van der Waals surface area contributed by atoms with Crippen molar-refractivity contribution in [2.24, 2.45) is 5.73 Å². The summed E-state index contributed by atoms with van der Waals surface area (Å²) in [4.78, 5) is 5.48. The Morgan fingerprint density at radius 3 is 2.68 bits per heavy atom. The molecule has 2 N–H and O–H groups in total. The number of aryl methyl sites for hydroxylation is 2. The highest BCUT2D eigenvalue weighted by molar-refractivity contribution is 7.05. The zero-order chi connectivity index (χ0) is 14.0. The number of ether oxygens (including phenoxy) is 1. The van der Waals surface area contributed by atoms with Crippen molar-refractivity contribution in [3.8, 4) is 5.75 Å². The summed E-state index contributed by atoms with van der Waals surface area (Å²) in [5.41, 5.74) is 10.2. The van der Waals surface area contributed by atoms with Crippen LogP contribution in [0.1, 0.15) is 33.4 Å². The molecular formula is C13H18N4OS. The van der Waals surface area contributed by atoms with E-state index < -0.39 is 0 Å². The first-order valence-electron chi connectivity index (χ1n) is 6.08. The summed E-state index contributed by atoms with van der Waals surface area (Å²) in [6.45, 7) is 5.92. The van der Waals surface area contributed by atoms with Crippen molar-refractivity contribution in [2.45, 2.75) is 33.2 Å². The maximum Gasteiger partial charge on any atom is 0.128 e. The van der Waals surface area contributed by atoms with Crippen LogP contribution in [0.3, 0.4) is 0 Å². The summed E-state index contributed by atoms with van der Waals surface area (Å²) >= 11 is 1.35. The predicted molar refractivity (Wildman–Crippen MR) is 75.5 cm³/mol. The molecule has 0 aliphatic carbocycles. The van der Waals surface area contributed by atoms with Gasteiger partial charge in [0.05, 0.1) is 17.7 Å². The van der Waals surface area contributed by atoms with Crippen LogP contribution in [-0.4, -0.2) is 21.7 Å². The summed E-state index contributed by atoms with van der Waals surface area (Å²) in [6.07, 6.45) is 2.48. The molecule has 5 nitrogen and oxygen atoms in total. The van der Waals surface area contributed by atoms with Crippen LogP contribution in [0.15, 0.2) is 6.20 Å². The summed E-state index contributed by atoms with van der Waals surface area (Å²) in [7, 11) is 1.68. The summed E-state index contributed by atoms with van der Waals surface area (Å²) < 4.78 is 9.33. The molecule has 0 aliphatic heterocycles. The highest BCUT2D eigenvalue weighted by Gasteiger charge is 2.17. The standard InChI is InChI=1S/C13H18N4OS/c1-7-6-15-11(8(2)12(7)18-4)5-10(14)13-9(3)16-17-19-13/h6,10H,5,14H2,1-4H3. The fourth-order valence-electron chi connectivity index (χ4n) is 2.15. The number of nitrogens with zero attached hydrogens (tertiary/aromatic N) is 3. The second-order valence-electron chi connectivity index (χ2n) is 4.58. The summed E-state index contributed by atoms with van der Waals surface area (Å²) in [5, 5.41) is 3.99. The Morgan fingerprint density at radius 1 is 1.37 bits per heavy atom. The number of rotatable bonds is 4. The molecule has 2 aromatic rings. The molecule has 0 spiro atoms. The quantitative estimate of drug-likeness (QED) is 0.927. The molecule has 0 saturated carbocycles. The Hall–Kier alpha value is -1.53. The van der Waals surface area contributed by atoms with Gasteiger partial charge in [-0.2, -0.15) is 0 Å². The minimum atomic E-state index is -0.126. The van der Waals surface area contributed by atoms with E-state index in [1.807, 2.05) is 27.0 Å². The normalized spacial score (nSPS) is 12.5. The molecular weight excluding hydrogens is 260 g/mol. The predicted octanol–water partition coefficient (Wildman–Crippen LogP) is 2.11. The third kappa shape index (κ3) is 2.74. The van der Waals surface area contributed by atoms with Gasteiger partial charge in [-0.3, -0.25) is 4.98 Å². The van der Waals surface area contributed by atoms with Gasteiger partial charge in [-0.1, -0.05) is 4.49 Å². The van der Waals surface area contributed by atoms with Crippen LogP contribution in [-0.2, 0) is 6.42 Å². The largest absolute Gasteiger partial charge is 0.496 e. The lowest BCUT2D eigenvalue weighted by Gasteiger charge is -2.15. The van der Waals surface area contributed by atoms with Crippen LogP contribution in [0.2, 0.25) is 0 Å². The molecule has 2 aromatic heterocycles. The van der Waals surface area contributed by atoms with E-state index in [-0.39, 0.29) is 6.04 Å². The van der Waals surface area contributed by atoms with Gasteiger partial charge in [-0.15, -0.1) is 5.10 Å². The van der Waals surface area contributed by atoms with Gasteiger partial charge in [0.2, 0.25) is 0 Å². The average molecular weight is 278 g/mol. The first-order valence-corrected chi connectivity index (χ1v) is 6.85. The number of pyridine rings is 1. The first-order chi connectivity index (χ1) is 9.04. The maximum atomic E-state index is 6.22. The Kier molecular flexibility index (Phi) is 4.11.